The van der Waals surface area contributed by atoms with Crippen LogP contribution in [-0.4, -0.2) is 9.55 Å². The maximum absolute atomic E-state index is 13.8. The van der Waals surface area contributed by atoms with Gasteiger partial charge in [-0.05, 0) is 31.2 Å². The second-order valence-corrected chi connectivity index (χ2v) is 4.71. The number of nitrogens with two attached hydrogens (primary N) is 1. The van der Waals surface area contributed by atoms with Crippen molar-refractivity contribution in [1.82, 2.24) is 9.55 Å². The normalized spacial score (nSPS) is 11.0. The van der Waals surface area contributed by atoms with Crippen molar-refractivity contribution in [3.05, 3.63) is 54.1 Å². The van der Waals surface area contributed by atoms with Crippen LogP contribution in [0.25, 0.3) is 11.0 Å². The molecule has 0 saturated heterocycles. The fourth-order valence-electron chi connectivity index (χ4n) is 2.38. The van der Waals surface area contributed by atoms with Crippen LogP contribution in [-0.2, 0) is 13.2 Å². The molecule has 0 aliphatic carbocycles. The first-order valence-corrected chi connectivity index (χ1v) is 6.81. The fraction of sp³-hybridized carbons (Fsp3) is 0.188. The highest BCUT2D eigenvalue weighted by molar-refractivity contribution is 5.76. The van der Waals surface area contributed by atoms with E-state index >= 15 is 0 Å². The van der Waals surface area contributed by atoms with E-state index < -0.39 is 0 Å². The Kier molecular flexibility index (Phi) is 3.48. The van der Waals surface area contributed by atoms with Crippen molar-refractivity contribution in [2.45, 2.75) is 20.1 Å². The third kappa shape index (κ3) is 2.42. The number of benzene rings is 2. The Morgan fingerprint density at radius 2 is 2.00 bits per heavy atom. The van der Waals surface area contributed by atoms with Crippen molar-refractivity contribution in [3.63, 3.8) is 0 Å². The minimum atomic E-state index is -0.319. The van der Waals surface area contributed by atoms with Crippen molar-refractivity contribution >= 4 is 16.7 Å². The predicted octanol–water partition coefficient (Wildman–Crippen LogP) is 3.36. The maximum atomic E-state index is 13.8. The zero-order valence-electron chi connectivity index (χ0n) is 11.7. The van der Waals surface area contributed by atoms with Gasteiger partial charge in [0.15, 0.2) is 5.82 Å². The SMILES string of the molecule is CCn1c(COc2ccccc2N)nc2c(F)cccc21. The molecule has 3 aromatic rings. The Balaban J connectivity index is 1.94. The van der Waals surface area contributed by atoms with E-state index in [1.807, 2.05) is 29.7 Å². The molecule has 0 fully saturated rings. The first-order valence-electron chi connectivity index (χ1n) is 6.81. The van der Waals surface area contributed by atoms with Crippen LogP contribution in [0.1, 0.15) is 12.7 Å². The molecule has 0 saturated carbocycles. The van der Waals surface area contributed by atoms with Gasteiger partial charge in [0.05, 0.1) is 11.2 Å². The number of halogens is 1. The Morgan fingerprint density at radius 3 is 2.76 bits per heavy atom. The number of hydrogen-bond acceptors (Lipinski definition) is 3. The highest BCUT2D eigenvalue weighted by Crippen LogP contribution is 2.23. The third-order valence-electron chi connectivity index (χ3n) is 3.40. The lowest BCUT2D eigenvalue weighted by Gasteiger charge is -2.09. The topological polar surface area (TPSA) is 53.1 Å². The van der Waals surface area contributed by atoms with Gasteiger partial charge in [-0.3, -0.25) is 0 Å². The first kappa shape index (κ1) is 13.4. The highest BCUT2D eigenvalue weighted by Gasteiger charge is 2.13. The van der Waals surface area contributed by atoms with Gasteiger partial charge >= 0.3 is 0 Å². The van der Waals surface area contributed by atoms with Gasteiger partial charge in [-0.15, -0.1) is 0 Å². The number of fused-ring (bicyclic) bond motifs is 1. The van der Waals surface area contributed by atoms with Gasteiger partial charge in [-0.25, -0.2) is 9.37 Å². The van der Waals surface area contributed by atoms with E-state index in [9.17, 15) is 4.39 Å². The number of para-hydroxylation sites is 3. The molecule has 2 aromatic carbocycles. The molecule has 0 atom stereocenters. The summed E-state index contributed by atoms with van der Waals surface area (Å²) in [6.45, 7) is 2.94. The van der Waals surface area contributed by atoms with Crippen LogP contribution < -0.4 is 10.5 Å². The lowest BCUT2D eigenvalue weighted by atomic mass is 10.3. The van der Waals surface area contributed by atoms with E-state index in [0.717, 1.165) is 5.52 Å². The summed E-state index contributed by atoms with van der Waals surface area (Å²) in [7, 11) is 0. The Hall–Kier alpha value is -2.56. The van der Waals surface area contributed by atoms with Crippen molar-refractivity contribution in [2.75, 3.05) is 5.73 Å². The Bertz CT molecular complexity index is 782. The van der Waals surface area contributed by atoms with Crippen LogP contribution in [0, 0.1) is 5.82 Å². The third-order valence-corrected chi connectivity index (χ3v) is 3.40. The average molecular weight is 285 g/mol. The summed E-state index contributed by atoms with van der Waals surface area (Å²) in [4.78, 5) is 4.35. The molecule has 108 valence electrons. The van der Waals surface area contributed by atoms with Crippen LogP contribution >= 0.6 is 0 Å². The van der Waals surface area contributed by atoms with Crippen molar-refractivity contribution in [3.8, 4) is 5.75 Å². The largest absolute Gasteiger partial charge is 0.484 e. The number of nitrogen functional groups attached to an aromatic ring is 1. The smallest absolute Gasteiger partial charge is 0.151 e. The lowest BCUT2D eigenvalue weighted by molar-refractivity contribution is 0.292. The van der Waals surface area contributed by atoms with E-state index in [-0.39, 0.29) is 12.4 Å². The van der Waals surface area contributed by atoms with Gasteiger partial charge in [0, 0.05) is 6.54 Å². The molecule has 2 N–H and O–H groups in total. The number of imidazole rings is 1. The molecule has 0 aliphatic rings. The van der Waals surface area contributed by atoms with Gasteiger partial charge in [0.25, 0.3) is 0 Å². The van der Waals surface area contributed by atoms with E-state index in [1.165, 1.54) is 6.07 Å². The molecule has 1 aromatic heterocycles. The van der Waals surface area contributed by atoms with Gasteiger partial charge in [-0.2, -0.15) is 0 Å². The number of hydrogen-bond donors (Lipinski definition) is 1. The summed E-state index contributed by atoms with van der Waals surface area (Å²) < 4.78 is 21.5. The molecule has 21 heavy (non-hydrogen) atoms. The molecule has 1 heterocycles. The van der Waals surface area contributed by atoms with Gasteiger partial charge in [-0.1, -0.05) is 18.2 Å². The second-order valence-electron chi connectivity index (χ2n) is 4.71. The van der Waals surface area contributed by atoms with Crippen LogP contribution in [0.5, 0.6) is 5.75 Å². The highest BCUT2D eigenvalue weighted by atomic mass is 19.1. The molecule has 0 amide bonds. The minimum absolute atomic E-state index is 0.246. The molecule has 0 radical (unpaired) electrons. The summed E-state index contributed by atoms with van der Waals surface area (Å²) in [6, 6.07) is 12.2. The number of rotatable bonds is 4. The standard InChI is InChI=1S/C16H16FN3O/c1-2-20-13-8-5-6-11(17)16(13)19-15(20)10-21-14-9-4-3-7-12(14)18/h3-9H,2,10,18H2,1H3. The molecule has 0 aliphatic heterocycles. The quantitative estimate of drug-likeness (QED) is 0.748. The summed E-state index contributed by atoms with van der Waals surface area (Å²) in [5, 5.41) is 0. The van der Waals surface area contributed by atoms with Crippen molar-refractivity contribution < 1.29 is 9.13 Å². The summed E-state index contributed by atoms with van der Waals surface area (Å²) in [5.74, 6) is 0.966. The summed E-state index contributed by atoms with van der Waals surface area (Å²) in [6.07, 6.45) is 0. The molecule has 0 unspecified atom stereocenters. The van der Waals surface area contributed by atoms with Crippen LogP contribution in [0.3, 0.4) is 0 Å². The first-order chi connectivity index (χ1) is 10.2. The monoisotopic (exact) mass is 285 g/mol. The Labute approximate surface area is 122 Å². The van der Waals surface area contributed by atoms with Gasteiger partial charge in [0.2, 0.25) is 0 Å². The van der Waals surface area contributed by atoms with E-state index in [0.29, 0.717) is 29.3 Å². The van der Waals surface area contributed by atoms with Crippen LogP contribution in [0.2, 0.25) is 0 Å². The van der Waals surface area contributed by atoms with Crippen LogP contribution in [0.15, 0.2) is 42.5 Å². The number of ether oxygens (including phenoxy) is 1. The predicted molar refractivity (Wildman–Crippen MR) is 80.6 cm³/mol. The molecular weight excluding hydrogens is 269 g/mol. The molecule has 0 spiro atoms. The molecule has 0 bridgehead atoms. The maximum Gasteiger partial charge on any atom is 0.151 e. The molecule has 4 nitrogen and oxygen atoms in total. The fourth-order valence-corrected chi connectivity index (χ4v) is 2.38. The number of anilines is 1. The van der Waals surface area contributed by atoms with E-state index in [4.69, 9.17) is 10.5 Å². The van der Waals surface area contributed by atoms with Gasteiger partial charge < -0.3 is 15.0 Å². The minimum Gasteiger partial charge on any atom is -0.484 e. The molecular formula is C16H16FN3O. The molecule has 3 rings (SSSR count). The van der Waals surface area contributed by atoms with E-state index in [1.54, 1.807) is 18.2 Å². The van der Waals surface area contributed by atoms with Crippen LogP contribution in [0.4, 0.5) is 10.1 Å². The van der Waals surface area contributed by atoms with Crippen molar-refractivity contribution in [1.29, 1.82) is 0 Å². The number of aryl methyl sites for hydroxylation is 1. The number of nitrogens with zero attached hydrogens (tertiary/aromatic N) is 2. The van der Waals surface area contributed by atoms with Gasteiger partial charge in [0.1, 0.15) is 23.7 Å². The zero-order chi connectivity index (χ0) is 14.8. The summed E-state index contributed by atoms with van der Waals surface area (Å²) >= 11 is 0. The second kappa shape index (κ2) is 5.44. The molecule has 5 heteroatoms. The lowest BCUT2D eigenvalue weighted by Crippen LogP contribution is -2.06. The Morgan fingerprint density at radius 1 is 1.19 bits per heavy atom. The summed E-state index contributed by atoms with van der Waals surface area (Å²) in [5.41, 5.74) is 7.56. The van der Waals surface area contributed by atoms with E-state index in [2.05, 4.69) is 4.98 Å². The zero-order valence-corrected chi connectivity index (χ0v) is 11.7. The van der Waals surface area contributed by atoms with Crippen molar-refractivity contribution in [2.24, 2.45) is 0 Å². The average Bonchev–Trinajstić information content (AvgIpc) is 2.85. The number of aromatic nitrogens is 2.